The minimum absolute atomic E-state index is 0.269. The van der Waals surface area contributed by atoms with Crippen LogP contribution in [-0.4, -0.2) is 16.6 Å². The highest BCUT2D eigenvalue weighted by Crippen LogP contribution is 2.21. The summed E-state index contributed by atoms with van der Waals surface area (Å²) in [6.45, 7) is 0. The fourth-order valence-corrected chi connectivity index (χ4v) is 2.74. The lowest BCUT2D eigenvalue weighted by Gasteiger charge is -2.08. The summed E-state index contributed by atoms with van der Waals surface area (Å²) in [5.74, 6) is -0.413. The number of rotatable bonds is 4. The number of benzene rings is 2. The van der Waals surface area contributed by atoms with Crippen LogP contribution in [0.3, 0.4) is 0 Å². The molecular formula is C19H13Cl2N3O. The molecule has 25 heavy (non-hydrogen) atoms. The van der Waals surface area contributed by atoms with E-state index in [0.717, 1.165) is 11.1 Å². The van der Waals surface area contributed by atoms with Crippen LogP contribution >= 0.6 is 23.2 Å². The molecule has 0 radical (unpaired) electrons. The van der Waals surface area contributed by atoms with Gasteiger partial charge in [0.15, 0.2) is 0 Å². The summed E-state index contributed by atoms with van der Waals surface area (Å²) in [4.78, 5) is 16.4. The predicted molar refractivity (Wildman–Crippen MR) is 100 cm³/mol. The highest BCUT2D eigenvalue weighted by Gasteiger charge is 2.12. The second kappa shape index (κ2) is 7.92. The minimum Gasteiger partial charge on any atom is -0.267 e. The molecule has 4 nitrogen and oxygen atoms in total. The lowest BCUT2D eigenvalue weighted by molar-refractivity contribution is 0.0955. The Morgan fingerprint density at radius 1 is 0.920 bits per heavy atom. The zero-order valence-corrected chi connectivity index (χ0v) is 14.5. The topological polar surface area (TPSA) is 54.4 Å². The smallest absolute Gasteiger partial charge is 0.267 e. The van der Waals surface area contributed by atoms with Gasteiger partial charge in [0.2, 0.25) is 0 Å². The van der Waals surface area contributed by atoms with E-state index in [0.29, 0.717) is 16.3 Å². The van der Waals surface area contributed by atoms with E-state index in [4.69, 9.17) is 23.2 Å². The van der Waals surface area contributed by atoms with Gasteiger partial charge in [-0.1, -0.05) is 53.5 Å². The molecule has 1 N–H and O–H groups in total. The van der Waals surface area contributed by atoms with Crippen LogP contribution in [-0.2, 0) is 0 Å². The van der Waals surface area contributed by atoms with Crippen molar-refractivity contribution in [3.63, 3.8) is 0 Å². The SMILES string of the molecule is O=C(NN=C(c1ccccc1)c1ccncc1)c1ccc(Cl)cc1Cl. The molecule has 0 bridgehead atoms. The van der Waals surface area contributed by atoms with Crippen LogP contribution < -0.4 is 5.43 Å². The third kappa shape index (κ3) is 4.24. The normalized spacial score (nSPS) is 11.2. The van der Waals surface area contributed by atoms with Gasteiger partial charge in [0.05, 0.1) is 16.3 Å². The highest BCUT2D eigenvalue weighted by molar-refractivity contribution is 6.36. The van der Waals surface area contributed by atoms with Gasteiger partial charge in [-0.3, -0.25) is 9.78 Å². The maximum Gasteiger partial charge on any atom is 0.272 e. The van der Waals surface area contributed by atoms with Gasteiger partial charge in [0.25, 0.3) is 5.91 Å². The predicted octanol–water partition coefficient (Wildman–Crippen LogP) is 4.57. The number of carbonyl (C=O) groups excluding carboxylic acids is 1. The number of nitrogens with zero attached hydrogens (tertiary/aromatic N) is 2. The maximum atomic E-state index is 12.4. The molecule has 0 spiro atoms. The first kappa shape index (κ1) is 17.1. The van der Waals surface area contributed by atoms with Crippen LogP contribution in [0.4, 0.5) is 0 Å². The second-order valence-corrected chi connectivity index (χ2v) is 5.97. The summed E-state index contributed by atoms with van der Waals surface area (Å²) in [5.41, 5.74) is 5.19. The Hall–Kier alpha value is -2.69. The third-order valence-electron chi connectivity index (χ3n) is 3.45. The number of nitrogens with one attached hydrogen (secondary N) is 1. The van der Waals surface area contributed by atoms with E-state index in [2.05, 4.69) is 15.5 Å². The maximum absolute atomic E-state index is 12.4. The van der Waals surface area contributed by atoms with E-state index in [1.165, 1.54) is 6.07 Å². The molecule has 2 aromatic carbocycles. The zero-order chi connectivity index (χ0) is 17.6. The first-order chi connectivity index (χ1) is 12.1. The van der Waals surface area contributed by atoms with Crippen LogP contribution in [0, 0.1) is 0 Å². The summed E-state index contributed by atoms with van der Waals surface area (Å²) >= 11 is 11.9. The minimum atomic E-state index is -0.413. The molecular weight excluding hydrogens is 357 g/mol. The van der Waals surface area contributed by atoms with Crippen LogP contribution in [0.15, 0.2) is 78.2 Å². The van der Waals surface area contributed by atoms with Gasteiger partial charge in [-0.15, -0.1) is 0 Å². The Balaban J connectivity index is 1.93. The highest BCUT2D eigenvalue weighted by atomic mass is 35.5. The van der Waals surface area contributed by atoms with Crippen molar-refractivity contribution in [2.24, 2.45) is 5.10 Å². The Kier molecular flexibility index (Phi) is 5.43. The Labute approximate surface area is 155 Å². The Bertz CT molecular complexity index is 871. The van der Waals surface area contributed by atoms with Gasteiger partial charge >= 0.3 is 0 Å². The van der Waals surface area contributed by atoms with Gasteiger partial charge in [-0.25, -0.2) is 5.43 Å². The van der Waals surface area contributed by atoms with E-state index < -0.39 is 5.91 Å². The Morgan fingerprint density at radius 2 is 1.60 bits per heavy atom. The molecule has 3 rings (SSSR count). The first-order valence-corrected chi connectivity index (χ1v) is 8.19. The molecule has 0 aliphatic carbocycles. The lowest BCUT2D eigenvalue weighted by atomic mass is 10.0. The molecule has 3 aromatic rings. The number of pyridine rings is 1. The molecule has 1 heterocycles. The number of hydrazone groups is 1. The fraction of sp³-hybridized carbons (Fsp3) is 0. The van der Waals surface area contributed by atoms with Crippen molar-refractivity contribution in [3.05, 3.63) is 99.8 Å². The number of hydrogen-bond donors (Lipinski definition) is 1. The summed E-state index contributed by atoms with van der Waals surface area (Å²) in [6, 6.07) is 17.9. The third-order valence-corrected chi connectivity index (χ3v) is 3.99. The molecule has 1 aromatic heterocycles. The van der Waals surface area contributed by atoms with E-state index >= 15 is 0 Å². The number of hydrogen-bond acceptors (Lipinski definition) is 3. The standard InChI is InChI=1S/C19H13Cl2N3O/c20-15-6-7-16(17(21)12-15)19(25)24-23-18(13-4-2-1-3-5-13)14-8-10-22-11-9-14/h1-12H,(H,24,25). The molecule has 0 saturated carbocycles. The largest absolute Gasteiger partial charge is 0.272 e. The summed E-state index contributed by atoms with van der Waals surface area (Å²) < 4.78 is 0. The van der Waals surface area contributed by atoms with Crippen molar-refractivity contribution in [1.29, 1.82) is 0 Å². The molecule has 124 valence electrons. The lowest BCUT2D eigenvalue weighted by Crippen LogP contribution is -2.21. The summed E-state index contributed by atoms with van der Waals surface area (Å²) in [7, 11) is 0. The van der Waals surface area contributed by atoms with Crippen molar-refractivity contribution in [1.82, 2.24) is 10.4 Å². The summed E-state index contributed by atoms with van der Waals surface area (Å²) in [6.07, 6.45) is 3.34. The number of aromatic nitrogens is 1. The van der Waals surface area contributed by atoms with Crippen molar-refractivity contribution in [2.45, 2.75) is 0 Å². The molecule has 0 atom stereocenters. The van der Waals surface area contributed by atoms with Gasteiger partial charge in [0, 0.05) is 28.5 Å². The average molecular weight is 370 g/mol. The Morgan fingerprint density at radius 3 is 2.28 bits per heavy atom. The summed E-state index contributed by atoms with van der Waals surface area (Å²) in [5, 5.41) is 5.04. The van der Waals surface area contributed by atoms with Gasteiger partial charge in [0.1, 0.15) is 0 Å². The van der Waals surface area contributed by atoms with Gasteiger partial charge in [-0.05, 0) is 30.3 Å². The molecule has 0 aliphatic rings. The van der Waals surface area contributed by atoms with Crippen molar-refractivity contribution in [3.8, 4) is 0 Å². The monoisotopic (exact) mass is 369 g/mol. The van der Waals surface area contributed by atoms with Crippen molar-refractivity contribution < 1.29 is 4.79 Å². The van der Waals surface area contributed by atoms with Gasteiger partial charge < -0.3 is 0 Å². The number of amides is 1. The quantitative estimate of drug-likeness (QED) is 0.540. The van der Waals surface area contributed by atoms with Crippen LogP contribution in [0.2, 0.25) is 10.0 Å². The van der Waals surface area contributed by atoms with Crippen LogP contribution in [0.25, 0.3) is 0 Å². The molecule has 1 amide bonds. The van der Waals surface area contributed by atoms with E-state index in [1.54, 1.807) is 24.5 Å². The van der Waals surface area contributed by atoms with Crippen LogP contribution in [0.1, 0.15) is 21.5 Å². The van der Waals surface area contributed by atoms with Crippen molar-refractivity contribution in [2.75, 3.05) is 0 Å². The van der Waals surface area contributed by atoms with E-state index in [1.807, 2.05) is 42.5 Å². The molecule has 0 saturated heterocycles. The molecule has 0 unspecified atom stereocenters. The number of carbonyl (C=O) groups is 1. The zero-order valence-electron chi connectivity index (χ0n) is 13.0. The molecule has 6 heteroatoms. The molecule has 0 fully saturated rings. The van der Waals surface area contributed by atoms with Crippen molar-refractivity contribution >= 4 is 34.8 Å². The molecule has 0 aliphatic heterocycles. The number of halogens is 2. The second-order valence-electron chi connectivity index (χ2n) is 5.13. The van der Waals surface area contributed by atoms with Crippen LogP contribution in [0.5, 0.6) is 0 Å². The van der Waals surface area contributed by atoms with Gasteiger partial charge in [-0.2, -0.15) is 5.10 Å². The van der Waals surface area contributed by atoms with E-state index in [-0.39, 0.29) is 5.02 Å². The fourth-order valence-electron chi connectivity index (χ4n) is 2.24. The first-order valence-electron chi connectivity index (χ1n) is 7.44. The van der Waals surface area contributed by atoms with E-state index in [9.17, 15) is 4.79 Å². The average Bonchev–Trinajstić information content (AvgIpc) is 2.63.